The van der Waals surface area contributed by atoms with E-state index in [0.717, 1.165) is 16.1 Å². The van der Waals surface area contributed by atoms with E-state index in [9.17, 15) is 0 Å². The van der Waals surface area contributed by atoms with Gasteiger partial charge in [0.1, 0.15) is 5.52 Å². The van der Waals surface area contributed by atoms with E-state index in [1.165, 1.54) is 11.3 Å². The first-order valence-corrected chi connectivity index (χ1v) is 5.27. The van der Waals surface area contributed by atoms with Gasteiger partial charge in [0.05, 0.1) is 0 Å². The molecule has 0 amide bonds. The highest BCUT2D eigenvalue weighted by Gasteiger charge is 2.09. The fourth-order valence-corrected chi connectivity index (χ4v) is 1.93. The molecule has 15 heavy (non-hydrogen) atoms. The van der Waals surface area contributed by atoms with Crippen molar-refractivity contribution in [3.8, 4) is 10.9 Å². The van der Waals surface area contributed by atoms with Crippen LogP contribution in [0.25, 0.3) is 22.0 Å². The number of nitrogen functional groups attached to an aromatic ring is 1. The highest BCUT2D eigenvalue weighted by atomic mass is 32.1. The SMILES string of the molecule is Nc1ccc2oc(-c3nccs3)nc2c1. The summed E-state index contributed by atoms with van der Waals surface area (Å²) >= 11 is 1.50. The van der Waals surface area contributed by atoms with Crippen LogP contribution in [0, 0.1) is 0 Å². The van der Waals surface area contributed by atoms with Gasteiger partial charge in [-0.1, -0.05) is 0 Å². The third-order valence-corrected chi connectivity index (χ3v) is 2.79. The number of hydrogen-bond donors (Lipinski definition) is 1. The van der Waals surface area contributed by atoms with Crippen molar-refractivity contribution in [2.75, 3.05) is 5.73 Å². The summed E-state index contributed by atoms with van der Waals surface area (Å²) in [6.45, 7) is 0. The maximum Gasteiger partial charge on any atom is 0.256 e. The van der Waals surface area contributed by atoms with E-state index >= 15 is 0 Å². The number of benzene rings is 1. The van der Waals surface area contributed by atoms with Crippen LogP contribution in [0.5, 0.6) is 0 Å². The number of nitrogens with two attached hydrogens (primary N) is 1. The Morgan fingerprint density at radius 1 is 1.33 bits per heavy atom. The molecule has 0 radical (unpaired) electrons. The first-order valence-electron chi connectivity index (χ1n) is 4.39. The Morgan fingerprint density at radius 2 is 2.27 bits per heavy atom. The van der Waals surface area contributed by atoms with Gasteiger partial charge in [0.25, 0.3) is 5.89 Å². The van der Waals surface area contributed by atoms with Crippen LogP contribution in [-0.4, -0.2) is 9.97 Å². The molecule has 0 saturated carbocycles. The number of hydrogen-bond acceptors (Lipinski definition) is 5. The lowest BCUT2D eigenvalue weighted by atomic mass is 10.3. The lowest BCUT2D eigenvalue weighted by molar-refractivity contribution is 0.619. The molecule has 0 fully saturated rings. The molecule has 3 rings (SSSR count). The summed E-state index contributed by atoms with van der Waals surface area (Å²) in [6, 6.07) is 5.39. The minimum Gasteiger partial charge on any atom is -0.434 e. The third kappa shape index (κ3) is 1.37. The molecule has 0 atom stereocenters. The fourth-order valence-electron chi connectivity index (χ4n) is 1.36. The molecule has 5 heteroatoms. The summed E-state index contributed by atoms with van der Waals surface area (Å²) < 4.78 is 5.55. The van der Waals surface area contributed by atoms with E-state index in [-0.39, 0.29) is 0 Å². The molecule has 0 aliphatic heterocycles. The van der Waals surface area contributed by atoms with Crippen molar-refractivity contribution in [2.24, 2.45) is 0 Å². The molecule has 4 nitrogen and oxygen atoms in total. The summed E-state index contributed by atoms with van der Waals surface area (Å²) in [7, 11) is 0. The average Bonchev–Trinajstić information content (AvgIpc) is 2.84. The molecule has 2 heterocycles. The maximum absolute atomic E-state index is 5.66. The molecule has 0 aliphatic carbocycles. The lowest BCUT2D eigenvalue weighted by Gasteiger charge is -1.88. The number of rotatable bonds is 1. The van der Waals surface area contributed by atoms with E-state index in [0.29, 0.717) is 11.6 Å². The predicted molar refractivity (Wildman–Crippen MR) is 59.5 cm³/mol. The van der Waals surface area contributed by atoms with Crippen molar-refractivity contribution in [3.63, 3.8) is 0 Å². The molecule has 0 spiro atoms. The highest BCUT2D eigenvalue weighted by Crippen LogP contribution is 2.26. The highest BCUT2D eigenvalue weighted by molar-refractivity contribution is 7.12. The normalized spacial score (nSPS) is 10.9. The smallest absolute Gasteiger partial charge is 0.256 e. The van der Waals surface area contributed by atoms with Crippen LogP contribution in [0.1, 0.15) is 0 Å². The zero-order valence-corrected chi connectivity index (χ0v) is 8.49. The second-order valence-corrected chi connectivity index (χ2v) is 3.98. The summed E-state index contributed by atoms with van der Waals surface area (Å²) in [5.74, 6) is 0.547. The molecule has 2 N–H and O–H groups in total. The average molecular weight is 217 g/mol. The Balaban J connectivity index is 2.22. The summed E-state index contributed by atoms with van der Waals surface area (Å²) in [6.07, 6.45) is 1.73. The van der Waals surface area contributed by atoms with Gasteiger partial charge in [-0.2, -0.15) is 0 Å². The summed E-state index contributed by atoms with van der Waals surface area (Å²) in [5, 5.41) is 2.67. The van der Waals surface area contributed by atoms with Gasteiger partial charge < -0.3 is 10.2 Å². The number of thiazole rings is 1. The summed E-state index contributed by atoms with van der Waals surface area (Å²) in [4.78, 5) is 8.45. The number of anilines is 1. The molecule has 0 bridgehead atoms. The number of fused-ring (bicyclic) bond motifs is 1. The van der Waals surface area contributed by atoms with Crippen molar-refractivity contribution in [2.45, 2.75) is 0 Å². The van der Waals surface area contributed by atoms with Crippen molar-refractivity contribution in [1.82, 2.24) is 9.97 Å². The standard InChI is InChI=1S/C10H7N3OS/c11-6-1-2-8-7(5-6)13-9(14-8)10-12-3-4-15-10/h1-5H,11H2. The molecular formula is C10H7N3OS. The van der Waals surface area contributed by atoms with Crippen molar-refractivity contribution in [3.05, 3.63) is 29.8 Å². The van der Waals surface area contributed by atoms with Gasteiger partial charge in [0.15, 0.2) is 10.6 Å². The Kier molecular flexibility index (Phi) is 1.72. The first-order chi connectivity index (χ1) is 7.33. The van der Waals surface area contributed by atoms with Gasteiger partial charge in [-0.25, -0.2) is 9.97 Å². The molecule has 2 aromatic heterocycles. The Bertz CT molecular complexity index is 600. The molecular weight excluding hydrogens is 210 g/mol. The van der Waals surface area contributed by atoms with Gasteiger partial charge >= 0.3 is 0 Å². The summed E-state index contributed by atoms with van der Waals surface area (Å²) in [5.41, 5.74) is 7.83. The zero-order chi connectivity index (χ0) is 10.3. The van der Waals surface area contributed by atoms with E-state index < -0.39 is 0 Å². The quantitative estimate of drug-likeness (QED) is 0.636. The molecule has 0 aliphatic rings. The first kappa shape index (κ1) is 8.43. The van der Waals surface area contributed by atoms with E-state index in [1.807, 2.05) is 11.4 Å². The van der Waals surface area contributed by atoms with Crippen molar-refractivity contribution >= 4 is 28.1 Å². The topological polar surface area (TPSA) is 64.9 Å². The van der Waals surface area contributed by atoms with E-state index in [1.54, 1.807) is 18.3 Å². The minimum absolute atomic E-state index is 0.547. The largest absolute Gasteiger partial charge is 0.434 e. The predicted octanol–water partition coefficient (Wildman–Crippen LogP) is 2.53. The van der Waals surface area contributed by atoms with Crippen LogP contribution in [-0.2, 0) is 0 Å². The Morgan fingerprint density at radius 3 is 3.07 bits per heavy atom. The maximum atomic E-state index is 5.66. The number of oxazole rings is 1. The Labute approximate surface area is 89.4 Å². The van der Waals surface area contributed by atoms with Crippen LogP contribution < -0.4 is 5.73 Å². The van der Waals surface area contributed by atoms with Gasteiger partial charge in [0, 0.05) is 17.3 Å². The van der Waals surface area contributed by atoms with Crippen LogP contribution in [0.4, 0.5) is 5.69 Å². The molecule has 0 unspecified atom stereocenters. The van der Waals surface area contributed by atoms with Gasteiger partial charge in [-0.05, 0) is 18.2 Å². The molecule has 0 saturated heterocycles. The monoisotopic (exact) mass is 217 g/mol. The second kappa shape index (κ2) is 3.06. The zero-order valence-electron chi connectivity index (χ0n) is 7.68. The lowest BCUT2D eigenvalue weighted by Crippen LogP contribution is -1.82. The van der Waals surface area contributed by atoms with Crippen LogP contribution in [0.2, 0.25) is 0 Å². The molecule has 3 aromatic rings. The van der Waals surface area contributed by atoms with Crippen LogP contribution >= 0.6 is 11.3 Å². The second-order valence-electron chi connectivity index (χ2n) is 3.08. The minimum atomic E-state index is 0.547. The van der Waals surface area contributed by atoms with E-state index in [2.05, 4.69) is 9.97 Å². The van der Waals surface area contributed by atoms with Gasteiger partial charge in [0.2, 0.25) is 0 Å². The molecule has 1 aromatic carbocycles. The number of aromatic nitrogens is 2. The number of nitrogens with zero attached hydrogens (tertiary/aromatic N) is 2. The van der Waals surface area contributed by atoms with Crippen molar-refractivity contribution < 1.29 is 4.42 Å². The van der Waals surface area contributed by atoms with Crippen molar-refractivity contribution in [1.29, 1.82) is 0 Å². The molecule has 74 valence electrons. The third-order valence-electron chi connectivity index (χ3n) is 2.03. The van der Waals surface area contributed by atoms with Gasteiger partial charge in [-0.15, -0.1) is 11.3 Å². The van der Waals surface area contributed by atoms with Gasteiger partial charge in [-0.3, -0.25) is 0 Å². The Hall–Kier alpha value is -1.88. The van der Waals surface area contributed by atoms with Crippen LogP contribution in [0.15, 0.2) is 34.2 Å². The van der Waals surface area contributed by atoms with E-state index in [4.69, 9.17) is 10.2 Å². The van der Waals surface area contributed by atoms with Crippen LogP contribution in [0.3, 0.4) is 0 Å². The fraction of sp³-hybridized carbons (Fsp3) is 0.